The molecular formula is C12H24N2S. The molecule has 3 unspecified atom stereocenters. The first-order valence-corrected chi connectivity index (χ1v) is 7.10. The van der Waals surface area contributed by atoms with Crippen LogP contribution in [0, 0.1) is 5.41 Å². The molecule has 0 radical (unpaired) electrons. The number of hydrogen-bond acceptors (Lipinski definition) is 3. The van der Waals surface area contributed by atoms with Gasteiger partial charge in [-0.1, -0.05) is 20.8 Å². The van der Waals surface area contributed by atoms with E-state index in [9.17, 15) is 0 Å². The lowest BCUT2D eigenvalue weighted by Crippen LogP contribution is -2.46. The molecule has 15 heavy (non-hydrogen) atoms. The minimum atomic E-state index is 0.529. The second-order valence-electron chi connectivity index (χ2n) is 5.69. The quantitative estimate of drug-likeness (QED) is 0.776. The van der Waals surface area contributed by atoms with Crippen molar-refractivity contribution in [3.63, 3.8) is 0 Å². The van der Waals surface area contributed by atoms with Gasteiger partial charge in [-0.05, 0) is 18.4 Å². The highest BCUT2D eigenvalue weighted by atomic mass is 32.2. The molecule has 3 atom stereocenters. The van der Waals surface area contributed by atoms with Crippen molar-refractivity contribution in [1.29, 1.82) is 0 Å². The predicted molar refractivity (Wildman–Crippen MR) is 68.5 cm³/mol. The van der Waals surface area contributed by atoms with Crippen LogP contribution in [0.1, 0.15) is 27.2 Å². The van der Waals surface area contributed by atoms with E-state index in [2.05, 4.69) is 42.7 Å². The van der Waals surface area contributed by atoms with Gasteiger partial charge in [0.15, 0.2) is 0 Å². The topological polar surface area (TPSA) is 15.3 Å². The molecule has 0 spiro atoms. The maximum atomic E-state index is 3.49. The lowest BCUT2D eigenvalue weighted by atomic mass is 9.89. The molecule has 2 nitrogen and oxygen atoms in total. The predicted octanol–water partition coefficient (Wildman–Crippen LogP) is 1.81. The highest BCUT2D eigenvalue weighted by Crippen LogP contribution is 2.30. The van der Waals surface area contributed by atoms with Crippen LogP contribution < -0.4 is 5.32 Å². The molecule has 2 aliphatic rings. The zero-order valence-corrected chi connectivity index (χ0v) is 11.1. The van der Waals surface area contributed by atoms with Gasteiger partial charge >= 0.3 is 0 Å². The van der Waals surface area contributed by atoms with E-state index in [0.29, 0.717) is 5.41 Å². The van der Waals surface area contributed by atoms with Gasteiger partial charge in [0.2, 0.25) is 0 Å². The van der Waals surface area contributed by atoms with Crippen LogP contribution in [0.4, 0.5) is 0 Å². The third-order valence-corrected chi connectivity index (χ3v) is 4.79. The Morgan fingerprint density at radius 3 is 2.53 bits per heavy atom. The van der Waals surface area contributed by atoms with Crippen molar-refractivity contribution in [3.8, 4) is 0 Å². The monoisotopic (exact) mass is 228 g/mol. The fourth-order valence-electron chi connectivity index (χ4n) is 2.96. The first kappa shape index (κ1) is 11.7. The van der Waals surface area contributed by atoms with Gasteiger partial charge < -0.3 is 10.2 Å². The Morgan fingerprint density at radius 1 is 1.33 bits per heavy atom. The van der Waals surface area contributed by atoms with Crippen LogP contribution in [0.15, 0.2) is 0 Å². The summed E-state index contributed by atoms with van der Waals surface area (Å²) >= 11 is 2.14. The molecule has 88 valence electrons. The van der Waals surface area contributed by atoms with E-state index < -0.39 is 0 Å². The Labute approximate surface area is 98.2 Å². The van der Waals surface area contributed by atoms with Crippen LogP contribution in [0.2, 0.25) is 0 Å². The Bertz CT molecular complexity index is 204. The van der Waals surface area contributed by atoms with Crippen molar-refractivity contribution in [2.45, 2.75) is 37.7 Å². The van der Waals surface area contributed by atoms with Gasteiger partial charge in [-0.15, -0.1) is 0 Å². The maximum Gasteiger partial charge on any atom is 0.0149 e. The zero-order valence-electron chi connectivity index (χ0n) is 10.3. The Balaban J connectivity index is 1.87. The summed E-state index contributed by atoms with van der Waals surface area (Å²) in [5.74, 6) is 0. The third-order valence-electron chi connectivity index (χ3n) is 3.56. The maximum absolute atomic E-state index is 3.49. The van der Waals surface area contributed by atoms with Crippen molar-refractivity contribution in [2.24, 2.45) is 5.41 Å². The van der Waals surface area contributed by atoms with E-state index >= 15 is 0 Å². The van der Waals surface area contributed by atoms with Gasteiger partial charge in [0, 0.05) is 36.7 Å². The normalized spacial score (nSPS) is 43.4. The fraction of sp³-hybridized carbons (Fsp3) is 1.00. The van der Waals surface area contributed by atoms with Gasteiger partial charge in [-0.25, -0.2) is 0 Å². The van der Waals surface area contributed by atoms with Gasteiger partial charge in [0.25, 0.3) is 0 Å². The van der Waals surface area contributed by atoms with Crippen LogP contribution in [0.3, 0.4) is 0 Å². The highest BCUT2D eigenvalue weighted by Gasteiger charge is 2.33. The molecule has 2 saturated heterocycles. The number of nitrogens with zero attached hydrogens (tertiary/aromatic N) is 1. The number of hydrogen-bond donors (Lipinski definition) is 1. The molecule has 0 bridgehead atoms. The molecule has 2 fully saturated rings. The molecule has 3 heteroatoms. The molecule has 0 amide bonds. The summed E-state index contributed by atoms with van der Waals surface area (Å²) in [5.41, 5.74) is 0.529. The molecule has 2 aliphatic heterocycles. The van der Waals surface area contributed by atoms with E-state index in [-0.39, 0.29) is 0 Å². The van der Waals surface area contributed by atoms with Crippen molar-refractivity contribution >= 4 is 11.8 Å². The molecule has 0 aromatic rings. The SMILES string of the molecule is CC1CN(CC2(C)CCNC2)CC(C)S1. The zero-order chi connectivity index (χ0) is 10.9. The summed E-state index contributed by atoms with van der Waals surface area (Å²) in [4.78, 5) is 2.68. The van der Waals surface area contributed by atoms with Gasteiger partial charge in [-0.3, -0.25) is 0 Å². The highest BCUT2D eigenvalue weighted by molar-refractivity contribution is 8.00. The summed E-state index contributed by atoms with van der Waals surface area (Å²) in [6, 6.07) is 0. The number of rotatable bonds is 2. The van der Waals surface area contributed by atoms with Gasteiger partial charge in [0.1, 0.15) is 0 Å². The summed E-state index contributed by atoms with van der Waals surface area (Å²) in [7, 11) is 0. The van der Waals surface area contributed by atoms with Crippen LogP contribution >= 0.6 is 11.8 Å². The van der Waals surface area contributed by atoms with E-state index in [1.807, 2.05) is 0 Å². The Morgan fingerprint density at radius 2 is 2.00 bits per heavy atom. The van der Waals surface area contributed by atoms with Crippen molar-refractivity contribution in [1.82, 2.24) is 10.2 Å². The molecule has 2 rings (SSSR count). The molecule has 0 aliphatic carbocycles. The number of nitrogens with one attached hydrogen (secondary N) is 1. The molecule has 0 aromatic carbocycles. The second kappa shape index (κ2) is 4.64. The largest absolute Gasteiger partial charge is 0.316 e. The Hall–Kier alpha value is 0.270. The van der Waals surface area contributed by atoms with E-state index in [0.717, 1.165) is 10.5 Å². The minimum absolute atomic E-state index is 0.529. The minimum Gasteiger partial charge on any atom is -0.316 e. The van der Waals surface area contributed by atoms with Crippen molar-refractivity contribution in [3.05, 3.63) is 0 Å². The smallest absolute Gasteiger partial charge is 0.0149 e. The van der Waals surface area contributed by atoms with E-state index in [1.165, 1.54) is 39.1 Å². The lowest BCUT2D eigenvalue weighted by molar-refractivity contribution is 0.176. The van der Waals surface area contributed by atoms with Gasteiger partial charge in [-0.2, -0.15) is 11.8 Å². The van der Waals surface area contributed by atoms with Crippen molar-refractivity contribution < 1.29 is 0 Å². The summed E-state index contributed by atoms with van der Waals surface area (Å²) in [6.45, 7) is 13.4. The molecular weight excluding hydrogens is 204 g/mol. The average Bonchev–Trinajstić information content (AvgIpc) is 2.49. The summed E-state index contributed by atoms with van der Waals surface area (Å²) < 4.78 is 0. The van der Waals surface area contributed by atoms with Crippen LogP contribution in [-0.2, 0) is 0 Å². The fourth-order valence-corrected chi connectivity index (χ4v) is 4.34. The van der Waals surface area contributed by atoms with E-state index in [4.69, 9.17) is 0 Å². The Kier molecular flexibility index (Phi) is 3.63. The van der Waals surface area contributed by atoms with Crippen LogP contribution in [0.25, 0.3) is 0 Å². The van der Waals surface area contributed by atoms with Crippen LogP contribution in [-0.4, -0.2) is 48.1 Å². The van der Waals surface area contributed by atoms with Crippen LogP contribution in [0.5, 0.6) is 0 Å². The molecule has 1 N–H and O–H groups in total. The second-order valence-corrected chi connectivity index (χ2v) is 7.57. The first-order valence-electron chi connectivity index (χ1n) is 6.16. The molecule has 0 aromatic heterocycles. The van der Waals surface area contributed by atoms with Gasteiger partial charge in [0.05, 0.1) is 0 Å². The van der Waals surface area contributed by atoms with E-state index in [1.54, 1.807) is 0 Å². The number of thioether (sulfide) groups is 1. The summed E-state index contributed by atoms with van der Waals surface area (Å²) in [6.07, 6.45) is 1.35. The average molecular weight is 228 g/mol. The van der Waals surface area contributed by atoms with Crippen molar-refractivity contribution in [2.75, 3.05) is 32.7 Å². The summed E-state index contributed by atoms with van der Waals surface area (Å²) in [5, 5.41) is 5.12. The molecule has 0 saturated carbocycles. The first-order chi connectivity index (χ1) is 7.07. The molecule has 2 heterocycles. The lowest BCUT2D eigenvalue weighted by Gasteiger charge is -2.39. The third kappa shape index (κ3) is 3.11. The standard InChI is InChI=1S/C12H24N2S/c1-10-6-14(7-11(2)15-10)9-12(3)4-5-13-8-12/h10-11,13H,4-9H2,1-3H3.